The Morgan fingerprint density at radius 2 is 2.18 bits per heavy atom. The smallest absolute Gasteiger partial charge is 0.350 e. The van der Waals surface area contributed by atoms with Crippen molar-refractivity contribution in [3.63, 3.8) is 0 Å². The molecule has 22 heavy (non-hydrogen) atoms. The molecule has 1 aromatic heterocycles. The first-order valence-electron chi connectivity index (χ1n) is 7.81. The Morgan fingerprint density at radius 3 is 2.86 bits per heavy atom. The molecule has 1 saturated heterocycles. The first-order valence-corrected chi connectivity index (χ1v) is 8.62. The van der Waals surface area contributed by atoms with E-state index in [1.54, 1.807) is 18.7 Å². The molecule has 2 aliphatic rings. The van der Waals surface area contributed by atoms with Gasteiger partial charge in [0, 0.05) is 19.6 Å². The van der Waals surface area contributed by atoms with E-state index in [9.17, 15) is 9.59 Å². The van der Waals surface area contributed by atoms with Crippen LogP contribution < -0.4 is 4.90 Å². The van der Waals surface area contributed by atoms with Gasteiger partial charge in [0.05, 0.1) is 12.3 Å². The van der Waals surface area contributed by atoms with Crippen LogP contribution in [0.15, 0.2) is 0 Å². The molecule has 2 amide bonds. The maximum absolute atomic E-state index is 12.6. The molecular formula is C15H21N3O3S. The van der Waals surface area contributed by atoms with E-state index in [4.69, 9.17) is 4.74 Å². The second-order valence-electron chi connectivity index (χ2n) is 5.81. The highest BCUT2D eigenvalue weighted by molar-refractivity contribution is 7.17. The number of hydrogen-bond acceptors (Lipinski definition) is 5. The third kappa shape index (κ3) is 3.09. The van der Waals surface area contributed by atoms with E-state index in [0.717, 1.165) is 19.5 Å². The lowest BCUT2D eigenvalue weighted by atomic mass is 10.2. The van der Waals surface area contributed by atoms with E-state index < -0.39 is 0 Å². The second-order valence-corrected chi connectivity index (χ2v) is 6.79. The van der Waals surface area contributed by atoms with Gasteiger partial charge in [-0.3, -0.25) is 4.90 Å². The van der Waals surface area contributed by atoms with Crippen molar-refractivity contribution in [3.8, 4) is 0 Å². The maximum atomic E-state index is 12.6. The zero-order chi connectivity index (χ0) is 15.7. The molecule has 0 bridgehead atoms. The standard InChI is InChI=1S/C15H21N3O3S/c1-3-21-13(19)12-10(2)16-14(22-12)18-8-4-7-17(15(18)20)9-11-5-6-11/h11H,3-9H2,1-2H3. The van der Waals surface area contributed by atoms with Crippen LogP contribution in [0.5, 0.6) is 0 Å². The topological polar surface area (TPSA) is 62.7 Å². The average Bonchev–Trinajstić information content (AvgIpc) is 3.22. The third-order valence-electron chi connectivity index (χ3n) is 3.96. The lowest BCUT2D eigenvalue weighted by Crippen LogP contribution is -2.50. The zero-order valence-corrected chi connectivity index (χ0v) is 13.8. The van der Waals surface area contributed by atoms with Gasteiger partial charge in [-0.05, 0) is 39.0 Å². The lowest BCUT2D eigenvalue weighted by Gasteiger charge is -2.34. The SMILES string of the molecule is CCOC(=O)c1sc(N2CCCN(CC3CC3)C2=O)nc1C. The molecule has 0 atom stereocenters. The summed E-state index contributed by atoms with van der Waals surface area (Å²) in [7, 11) is 0. The fraction of sp³-hybridized carbons (Fsp3) is 0.667. The molecule has 0 N–H and O–H groups in total. The number of rotatable bonds is 5. The quantitative estimate of drug-likeness (QED) is 0.782. The van der Waals surface area contributed by atoms with Gasteiger partial charge in [-0.2, -0.15) is 0 Å². The number of esters is 1. The van der Waals surface area contributed by atoms with Gasteiger partial charge < -0.3 is 9.64 Å². The van der Waals surface area contributed by atoms with Gasteiger partial charge in [0.2, 0.25) is 0 Å². The third-order valence-corrected chi connectivity index (χ3v) is 5.12. The Balaban J connectivity index is 1.76. The molecule has 2 heterocycles. The Kier molecular flexibility index (Phi) is 4.33. The summed E-state index contributed by atoms with van der Waals surface area (Å²) in [5, 5.41) is 0.603. The van der Waals surface area contributed by atoms with Crippen molar-refractivity contribution in [2.75, 3.05) is 31.1 Å². The van der Waals surface area contributed by atoms with Gasteiger partial charge in [0.1, 0.15) is 4.88 Å². The van der Waals surface area contributed by atoms with Crippen molar-refractivity contribution >= 4 is 28.5 Å². The van der Waals surface area contributed by atoms with Gasteiger partial charge in [0.15, 0.2) is 5.13 Å². The zero-order valence-electron chi connectivity index (χ0n) is 13.0. The lowest BCUT2D eigenvalue weighted by molar-refractivity contribution is 0.0531. The second kappa shape index (κ2) is 6.24. The molecule has 1 aromatic rings. The van der Waals surface area contributed by atoms with E-state index in [0.29, 0.717) is 34.8 Å². The molecule has 0 radical (unpaired) electrons. The van der Waals surface area contributed by atoms with Crippen molar-refractivity contribution in [2.45, 2.75) is 33.1 Å². The molecule has 7 heteroatoms. The summed E-state index contributed by atoms with van der Waals surface area (Å²) in [6.07, 6.45) is 3.39. The predicted molar refractivity (Wildman–Crippen MR) is 84.5 cm³/mol. The first kappa shape index (κ1) is 15.3. The Labute approximate surface area is 134 Å². The summed E-state index contributed by atoms with van der Waals surface area (Å²) >= 11 is 1.25. The number of nitrogens with zero attached hydrogens (tertiary/aromatic N) is 3. The summed E-state index contributed by atoms with van der Waals surface area (Å²) in [5.41, 5.74) is 0.630. The van der Waals surface area contributed by atoms with Crippen LogP contribution in [0.1, 0.15) is 41.6 Å². The first-order chi connectivity index (χ1) is 10.6. The van der Waals surface area contributed by atoms with E-state index in [2.05, 4.69) is 4.98 Å². The molecule has 3 rings (SSSR count). The van der Waals surface area contributed by atoms with Crippen LogP contribution in [0.2, 0.25) is 0 Å². The number of amides is 2. The van der Waals surface area contributed by atoms with E-state index in [1.165, 1.54) is 24.2 Å². The Hall–Kier alpha value is -1.63. The summed E-state index contributed by atoms with van der Waals surface area (Å²) < 4.78 is 5.04. The number of thiazole rings is 1. The largest absolute Gasteiger partial charge is 0.462 e. The molecule has 2 fully saturated rings. The van der Waals surface area contributed by atoms with Crippen molar-refractivity contribution in [1.29, 1.82) is 0 Å². The van der Waals surface area contributed by atoms with Gasteiger partial charge in [0.25, 0.3) is 0 Å². The molecule has 1 saturated carbocycles. The van der Waals surface area contributed by atoms with Crippen LogP contribution in [0.4, 0.5) is 9.93 Å². The fourth-order valence-electron chi connectivity index (χ4n) is 2.62. The number of carbonyl (C=O) groups is 2. The molecular weight excluding hydrogens is 302 g/mol. The number of ether oxygens (including phenoxy) is 1. The number of carbonyl (C=O) groups excluding carboxylic acids is 2. The fourth-order valence-corrected chi connectivity index (χ4v) is 3.60. The summed E-state index contributed by atoms with van der Waals surface area (Å²) in [6, 6.07) is 0.0160. The molecule has 0 spiro atoms. The highest BCUT2D eigenvalue weighted by Crippen LogP contribution is 2.33. The van der Waals surface area contributed by atoms with Gasteiger partial charge >= 0.3 is 12.0 Å². The van der Waals surface area contributed by atoms with Crippen LogP contribution in [-0.4, -0.2) is 48.1 Å². The van der Waals surface area contributed by atoms with Crippen molar-refractivity contribution in [1.82, 2.24) is 9.88 Å². The van der Waals surface area contributed by atoms with Crippen LogP contribution in [-0.2, 0) is 4.74 Å². The number of hydrogen-bond donors (Lipinski definition) is 0. The van der Waals surface area contributed by atoms with Crippen molar-refractivity contribution in [3.05, 3.63) is 10.6 Å². The molecule has 1 aliphatic carbocycles. The van der Waals surface area contributed by atoms with E-state index in [-0.39, 0.29) is 12.0 Å². The minimum Gasteiger partial charge on any atom is -0.462 e. The normalized spacial score (nSPS) is 18.7. The monoisotopic (exact) mass is 323 g/mol. The number of anilines is 1. The number of aromatic nitrogens is 1. The molecule has 1 aliphatic heterocycles. The van der Waals surface area contributed by atoms with Gasteiger partial charge in [-0.15, -0.1) is 0 Å². The number of aryl methyl sites for hydroxylation is 1. The Bertz CT molecular complexity index is 583. The van der Waals surface area contributed by atoms with Gasteiger partial charge in [-0.25, -0.2) is 14.6 Å². The van der Waals surface area contributed by atoms with E-state index in [1.807, 2.05) is 4.90 Å². The predicted octanol–water partition coefficient (Wildman–Crippen LogP) is 2.67. The molecule has 6 nitrogen and oxygen atoms in total. The van der Waals surface area contributed by atoms with Crippen LogP contribution >= 0.6 is 11.3 Å². The minimum atomic E-state index is -0.358. The highest BCUT2D eigenvalue weighted by atomic mass is 32.1. The van der Waals surface area contributed by atoms with Gasteiger partial charge in [-0.1, -0.05) is 11.3 Å². The van der Waals surface area contributed by atoms with E-state index >= 15 is 0 Å². The summed E-state index contributed by atoms with van der Waals surface area (Å²) in [6.45, 7) is 6.23. The highest BCUT2D eigenvalue weighted by Gasteiger charge is 2.33. The van der Waals surface area contributed by atoms with Crippen LogP contribution in [0.3, 0.4) is 0 Å². The van der Waals surface area contributed by atoms with Crippen molar-refractivity contribution < 1.29 is 14.3 Å². The molecule has 0 aromatic carbocycles. The maximum Gasteiger partial charge on any atom is 0.350 e. The summed E-state index contributed by atoms with van der Waals surface area (Å²) in [5.74, 6) is 0.320. The average molecular weight is 323 g/mol. The number of urea groups is 1. The van der Waals surface area contributed by atoms with Crippen LogP contribution in [0.25, 0.3) is 0 Å². The molecule has 0 unspecified atom stereocenters. The molecule has 120 valence electrons. The Morgan fingerprint density at radius 1 is 1.41 bits per heavy atom. The van der Waals surface area contributed by atoms with Crippen molar-refractivity contribution in [2.24, 2.45) is 5.92 Å². The summed E-state index contributed by atoms with van der Waals surface area (Å²) in [4.78, 5) is 33.0. The van der Waals surface area contributed by atoms with Crippen LogP contribution in [0, 0.1) is 12.8 Å². The minimum absolute atomic E-state index is 0.0160.